The normalized spacial score (nSPS) is 11.1. The number of hydrogen-bond donors (Lipinski definition) is 2. The molecule has 0 aromatic carbocycles. The minimum absolute atomic E-state index is 0.107. The van der Waals surface area contributed by atoms with Gasteiger partial charge in [0.05, 0.1) is 12.1 Å². The molecule has 0 radical (unpaired) electrons. The van der Waals surface area contributed by atoms with E-state index in [9.17, 15) is 4.79 Å². The first kappa shape index (κ1) is 13.4. The van der Waals surface area contributed by atoms with Crippen molar-refractivity contribution in [2.45, 2.75) is 19.4 Å². The summed E-state index contributed by atoms with van der Waals surface area (Å²) in [5.74, 6) is 0.508. The van der Waals surface area contributed by atoms with E-state index in [0.717, 1.165) is 5.82 Å². The lowest BCUT2D eigenvalue weighted by Crippen LogP contribution is -2.46. The first-order chi connectivity index (χ1) is 7.85. The van der Waals surface area contributed by atoms with Gasteiger partial charge in [-0.3, -0.25) is 4.79 Å². The van der Waals surface area contributed by atoms with Gasteiger partial charge in [-0.1, -0.05) is 0 Å². The Labute approximate surface area is 101 Å². The molecule has 0 atom stereocenters. The van der Waals surface area contributed by atoms with Crippen LogP contribution in [0.1, 0.15) is 24.2 Å². The first-order valence-corrected chi connectivity index (χ1v) is 5.42. The number of aliphatic hydroxyl groups excluding tert-OH is 1. The minimum Gasteiger partial charge on any atom is -0.394 e. The zero-order chi connectivity index (χ0) is 13.1. The lowest BCUT2D eigenvalue weighted by atomic mass is 10.1. The third kappa shape index (κ3) is 3.71. The summed E-state index contributed by atoms with van der Waals surface area (Å²) < 4.78 is 0. The number of amides is 1. The van der Waals surface area contributed by atoms with Crippen molar-refractivity contribution >= 4 is 11.7 Å². The largest absolute Gasteiger partial charge is 0.394 e. The molecular weight excluding hydrogens is 218 g/mol. The van der Waals surface area contributed by atoms with Crippen LogP contribution in [0.5, 0.6) is 0 Å². The summed E-state index contributed by atoms with van der Waals surface area (Å²) >= 11 is 0. The second kappa shape index (κ2) is 5.14. The van der Waals surface area contributed by atoms with Crippen LogP contribution in [-0.2, 0) is 0 Å². The molecule has 1 heterocycles. The van der Waals surface area contributed by atoms with Gasteiger partial charge in [-0.15, -0.1) is 0 Å². The van der Waals surface area contributed by atoms with E-state index in [4.69, 9.17) is 5.11 Å². The van der Waals surface area contributed by atoms with E-state index in [-0.39, 0.29) is 12.5 Å². The van der Waals surface area contributed by atoms with Crippen LogP contribution >= 0.6 is 0 Å². The van der Waals surface area contributed by atoms with Gasteiger partial charge in [0.2, 0.25) is 0 Å². The van der Waals surface area contributed by atoms with Gasteiger partial charge in [0.15, 0.2) is 0 Å². The van der Waals surface area contributed by atoms with Crippen LogP contribution < -0.4 is 10.2 Å². The maximum atomic E-state index is 11.9. The van der Waals surface area contributed by atoms with Gasteiger partial charge in [0.25, 0.3) is 5.91 Å². The van der Waals surface area contributed by atoms with Crippen molar-refractivity contribution < 1.29 is 9.90 Å². The number of anilines is 1. The molecule has 1 rings (SSSR count). The van der Waals surface area contributed by atoms with Crippen LogP contribution in [0.2, 0.25) is 0 Å². The maximum absolute atomic E-state index is 11.9. The summed E-state index contributed by atoms with van der Waals surface area (Å²) in [7, 11) is 3.73. The molecule has 1 amide bonds. The number of nitrogens with one attached hydrogen (secondary N) is 1. The van der Waals surface area contributed by atoms with Crippen molar-refractivity contribution in [1.82, 2.24) is 10.3 Å². The highest BCUT2D eigenvalue weighted by molar-refractivity contribution is 5.95. The standard InChI is InChI=1S/C12H19N3O2/c1-12(2,8-16)14-11(17)9-5-6-13-10(7-9)15(3)4/h5-7,16H,8H2,1-4H3,(H,14,17). The Morgan fingerprint density at radius 1 is 1.53 bits per heavy atom. The third-order valence-electron chi connectivity index (χ3n) is 2.31. The van der Waals surface area contributed by atoms with Gasteiger partial charge in [-0.2, -0.15) is 0 Å². The first-order valence-electron chi connectivity index (χ1n) is 5.42. The number of aromatic nitrogens is 1. The lowest BCUT2D eigenvalue weighted by molar-refractivity contribution is 0.0869. The fourth-order valence-corrected chi connectivity index (χ4v) is 1.22. The van der Waals surface area contributed by atoms with Gasteiger partial charge < -0.3 is 15.3 Å². The molecule has 1 aromatic heterocycles. The highest BCUT2D eigenvalue weighted by atomic mass is 16.3. The fraction of sp³-hybridized carbons (Fsp3) is 0.500. The van der Waals surface area contributed by atoms with Crippen LogP contribution in [-0.4, -0.2) is 42.2 Å². The zero-order valence-electron chi connectivity index (χ0n) is 10.7. The number of nitrogens with zero attached hydrogens (tertiary/aromatic N) is 2. The molecule has 0 saturated carbocycles. The zero-order valence-corrected chi connectivity index (χ0v) is 10.7. The Morgan fingerprint density at radius 2 is 2.18 bits per heavy atom. The molecule has 0 aliphatic heterocycles. The maximum Gasteiger partial charge on any atom is 0.251 e. The monoisotopic (exact) mass is 237 g/mol. The molecule has 0 unspecified atom stereocenters. The fourth-order valence-electron chi connectivity index (χ4n) is 1.22. The van der Waals surface area contributed by atoms with Crippen molar-refractivity contribution in [2.75, 3.05) is 25.6 Å². The highest BCUT2D eigenvalue weighted by Gasteiger charge is 2.20. The van der Waals surface area contributed by atoms with E-state index in [1.165, 1.54) is 0 Å². The van der Waals surface area contributed by atoms with Crippen molar-refractivity contribution in [2.24, 2.45) is 0 Å². The Kier molecular flexibility index (Phi) is 4.07. The second-order valence-electron chi connectivity index (χ2n) is 4.79. The molecule has 0 aliphatic carbocycles. The average Bonchev–Trinajstić information content (AvgIpc) is 2.28. The molecule has 17 heavy (non-hydrogen) atoms. The quantitative estimate of drug-likeness (QED) is 0.807. The number of pyridine rings is 1. The van der Waals surface area contributed by atoms with Gasteiger partial charge in [0.1, 0.15) is 5.82 Å². The summed E-state index contributed by atoms with van der Waals surface area (Å²) in [6.07, 6.45) is 1.59. The number of carbonyl (C=O) groups is 1. The Bertz CT molecular complexity index is 402. The highest BCUT2D eigenvalue weighted by Crippen LogP contribution is 2.11. The number of carbonyl (C=O) groups excluding carboxylic acids is 1. The third-order valence-corrected chi connectivity index (χ3v) is 2.31. The topological polar surface area (TPSA) is 65.5 Å². The summed E-state index contributed by atoms with van der Waals surface area (Å²) in [6.45, 7) is 3.42. The van der Waals surface area contributed by atoms with Crippen molar-refractivity contribution in [1.29, 1.82) is 0 Å². The smallest absolute Gasteiger partial charge is 0.251 e. The Hall–Kier alpha value is -1.62. The summed E-state index contributed by atoms with van der Waals surface area (Å²) in [5, 5.41) is 11.9. The van der Waals surface area contributed by atoms with Crippen LogP contribution in [0.3, 0.4) is 0 Å². The van der Waals surface area contributed by atoms with E-state index in [1.807, 2.05) is 19.0 Å². The van der Waals surface area contributed by atoms with Gasteiger partial charge in [-0.05, 0) is 26.0 Å². The molecule has 0 spiro atoms. The molecule has 1 aromatic rings. The molecule has 0 fully saturated rings. The molecule has 5 heteroatoms. The number of rotatable bonds is 4. The Balaban J connectivity index is 2.86. The molecule has 0 saturated heterocycles. The van der Waals surface area contributed by atoms with Gasteiger partial charge in [-0.25, -0.2) is 4.98 Å². The summed E-state index contributed by atoms with van der Waals surface area (Å²) in [4.78, 5) is 17.9. The van der Waals surface area contributed by atoms with Crippen molar-refractivity contribution in [3.8, 4) is 0 Å². The summed E-state index contributed by atoms with van der Waals surface area (Å²) in [5.41, 5.74) is -0.0937. The van der Waals surface area contributed by atoms with E-state index < -0.39 is 5.54 Å². The SMILES string of the molecule is CN(C)c1cc(C(=O)NC(C)(C)CO)ccn1. The molecule has 0 aliphatic rings. The molecule has 94 valence electrons. The average molecular weight is 237 g/mol. The number of hydrogen-bond acceptors (Lipinski definition) is 4. The second-order valence-corrected chi connectivity index (χ2v) is 4.79. The van der Waals surface area contributed by atoms with E-state index >= 15 is 0 Å². The molecular formula is C12H19N3O2. The van der Waals surface area contributed by atoms with Gasteiger partial charge >= 0.3 is 0 Å². The van der Waals surface area contributed by atoms with Crippen LogP contribution in [0.25, 0.3) is 0 Å². The van der Waals surface area contributed by atoms with Crippen LogP contribution in [0.4, 0.5) is 5.82 Å². The van der Waals surface area contributed by atoms with E-state index in [0.29, 0.717) is 5.56 Å². The predicted octanol–water partition coefficient (Wildman–Crippen LogP) is 0.648. The molecule has 0 bridgehead atoms. The number of aliphatic hydroxyl groups is 1. The van der Waals surface area contributed by atoms with Crippen LogP contribution in [0, 0.1) is 0 Å². The molecule has 2 N–H and O–H groups in total. The predicted molar refractivity (Wildman–Crippen MR) is 67.2 cm³/mol. The van der Waals surface area contributed by atoms with Crippen LogP contribution in [0.15, 0.2) is 18.3 Å². The Morgan fingerprint density at radius 3 is 2.71 bits per heavy atom. The van der Waals surface area contributed by atoms with Gasteiger partial charge in [0, 0.05) is 25.9 Å². The summed E-state index contributed by atoms with van der Waals surface area (Å²) in [6, 6.07) is 3.36. The van der Waals surface area contributed by atoms with E-state index in [2.05, 4.69) is 10.3 Å². The minimum atomic E-state index is -0.626. The van der Waals surface area contributed by atoms with E-state index in [1.54, 1.807) is 32.2 Å². The molecule has 5 nitrogen and oxygen atoms in total. The van der Waals surface area contributed by atoms with Crippen molar-refractivity contribution in [3.05, 3.63) is 23.9 Å². The van der Waals surface area contributed by atoms with Crippen molar-refractivity contribution in [3.63, 3.8) is 0 Å². The lowest BCUT2D eigenvalue weighted by Gasteiger charge is -2.23.